The van der Waals surface area contributed by atoms with Crippen molar-refractivity contribution in [2.24, 2.45) is 0 Å². The predicted molar refractivity (Wildman–Crippen MR) is 80.8 cm³/mol. The second-order valence-electron chi connectivity index (χ2n) is 5.49. The highest BCUT2D eigenvalue weighted by molar-refractivity contribution is 5.61. The molecule has 0 saturated carbocycles. The number of benzene rings is 1. The normalized spacial score (nSPS) is 16.4. The lowest BCUT2D eigenvalue weighted by atomic mass is 10.1. The molecule has 0 radical (unpaired) electrons. The zero-order chi connectivity index (χ0) is 14.8. The van der Waals surface area contributed by atoms with Crippen LogP contribution in [0, 0.1) is 12.7 Å². The van der Waals surface area contributed by atoms with Gasteiger partial charge in [0.05, 0.1) is 0 Å². The average Bonchev–Trinajstić information content (AvgIpc) is 2.99. The van der Waals surface area contributed by atoms with Crippen molar-refractivity contribution in [1.29, 1.82) is 0 Å². The molecule has 0 spiro atoms. The molecule has 1 saturated heterocycles. The quantitative estimate of drug-likeness (QED) is 0.908. The molecule has 21 heavy (non-hydrogen) atoms. The fourth-order valence-corrected chi connectivity index (χ4v) is 2.73. The molecule has 1 aromatic carbocycles. The van der Waals surface area contributed by atoms with Crippen LogP contribution in [0.5, 0.6) is 0 Å². The Morgan fingerprint density at radius 3 is 2.81 bits per heavy atom. The van der Waals surface area contributed by atoms with Crippen LogP contribution in [0.15, 0.2) is 18.2 Å². The third-order valence-electron chi connectivity index (χ3n) is 4.11. The predicted octanol–water partition coefficient (Wildman–Crippen LogP) is 2.11. The second kappa shape index (κ2) is 5.81. The minimum absolute atomic E-state index is 0.261. The Bertz CT molecular complexity index is 616. The minimum atomic E-state index is -0.261. The Balaban J connectivity index is 1.79. The van der Waals surface area contributed by atoms with E-state index in [-0.39, 0.29) is 5.82 Å². The number of piperidine rings is 1. The summed E-state index contributed by atoms with van der Waals surface area (Å²) in [5.41, 5.74) is 1.74. The van der Waals surface area contributed by atoms with Gasteiger partial charge in [-0.15, -0.1) is 5.10 Å². The van der Waals surface area contributed by atoms with Crippen LogP contribution in [0.3, 0.4) is 0 Å². The van der Waals surface area contributed by atoms with Gasteiger partial charge >= 0.3 is 0 Å². The standard InChI is InChI=1S/C15H20FN5/c1-10-3-4-11(16)9-13(10)14-18-15(20-19-14)21-7-5-12(17-2)6-8-21/h3-4,9,12,17H,5-8H2,1-2H3,(H,18,19,20). The van der Waals surface area contributed by atoms with Crippen LogP contribution < -0.4 is 10.2 Å². The number of anilines is 1. The van der Waals surface area contributed by atoms with Crippen LogP contribution in [-0.4, -0.2) is 41.4 Å². The topological polar surface area (TPSA) is 56.8 Å². The van der Waals surface area contributed by atoms with Crippen molar-refractivity contribution in [1.82, 2.24) is 20.5 Å². The number of hydrogen-bond donors (Lipinski definition) is 2. The summed E-state index contributed by atoms with van der Waals surface area (Å²) in [6, 6.07) is 5.28. The number of aromatic amines is 1. The summed E-state index contributed by atoms with van der Waals surface area (Å²) in [6.07, 6.45) is 2.17. The van der Waals surface area contributed by atoms with Gasteiger partial charge in [-0.3, -0.25) is 5.10 Å². The first-order valence-corrected chi connectivity index (χ1v) is 7.28. The van der Waals surface area contributed by atoms with E-state index >= 15 is 0 Å². The van der Waals surface area contributed by atoms with Crippen molar-refractivity contribution in [2.45, 2.75) is 25.8 Å². The van der Waals surface area contributed by atoms with Crippen molar-refractivity contribution >= 4 is 5.95 Å². The lowest BCUT2D eigenvalue weighted by molar-refractivity contribution is 0.439. The van der Waals surface area contributed by atoms with Crippen LogP contribution in [0.4, 0.5) is 10.3 Å². The van der Waals surface area contributed by atoms with Crippen LogP contribution in [0.2, 0.25) is 0 Å². The molecule has 1 aliphatic rings. The van der Waals surface area contributed by atoms with E-state index in [0.717, 1.165) is 37.1 Å². The Morgan fingerprint density at radius 1 is 1.33 bits per heavy atom. The number of aryl methyl sites for hydroxylation is 1. The first-order chi connectivity index (χ1) is 10.2. The van der Waals surface area contributed by atoms with E-state index < -0.39 is 0 Å². The molecule has 6 heteroatoms. The van der Waals surface area contributed by atoms with Crippen molar-refractivity contribution in [3.8, 4) is 11.4 Å². The van der Waals surface area contributed by atoms with Gasteiger partial charge in [0.1, 0.15) is 5.82 Å². The lowest BCUT2D eigenvalue weighted by Gasteiger charge is -2.30. The van der Waals surface area contributed by atoms with E-state index in [4.69, 9.17) is 0 Å². The van der Waals surface area contributed by atoms with E-state index in [1.54, 1.807) is 6.07 Å². The smallest absolute Gasteiger partial charge is 0.245 e. The molecule has 0 amide bonds. The van der Waals surface area contributed by atoms with Crippen LogP contribution in [-0.2, 0) is 0 Å². The van der Waals surface area contributed by atoms with Crippen molar-refractivity contribution < 1.29 is 4.39 Å². The highest BCUT2D eigenvalue weighted by Gasteiger charge is 2.21. The summed E-state index contributed by atoms with van der Waals surface area (Å²) < 4.78 is 13.4. The SMILES string of the molecule is CNC1CCN(c2n[nH]c(-c3cc(F)ccc3C)n2)CC1. The third-order valence-corrected chi connectivity index (χ3v) is 4.11. The molecule has 0 bridgehead atoms. The number of rotatable bonds is 3. The van der Waals surface area contributed by atoms with Crippen molar-refractivity contribution in [3.05, 3.63) is 29.6 Å². The highest BCUT2D eigenvalue weighted by atomic mass is 19.1. The molecule has 0 atom stereocenters. The first-order valence-electron chi connectivity index (χ1n) is 7.28. The van der Waals surface area contributed by atoms with Crippen LogP contribution in [0.1, 0.15) is 18.4 Å². The average molecular weight is 289 g/mol. The molecular weight excluding hydrogens is 269 g/mol. The van der Waals surface area contributed by atoms with Gasteiger partial charge in [0.2, 0.25) is 5.95 Å². The van der Waals surface area contributed by atoms with Crippen LogP contribution >= 0.6 is 0 Å². The van der Waals surface area contributed by atoms with Gasteiger partial charge in [0, 0.05) is 24.7 Å². The molecule has 1 fully saturated rings. The maximum Gasteiger partial charge on any atom is 0.245 e. The molecule has 2 aromatic rings. The Kier molecular flexibility index (Phi) is 3.88. The molecule has 2 N–H and O–H groups in total. The molecule has 3 rings (SSSR count). The van der Waals surface area contributed by atoms with Gasteiger partial charge in [-0.25, -0.2) is 4.39 Å². The molecular formula is C15H20FN5. The largest absolute Gasteiger partial charge is 0.339 e. The third kappa shape index (κ3) is 2.90. The van der Waals surface area contributed by atoms with Gasteiger partial charge in [-0.2, -0.15) is 4.98 Å². The van der Waals surface area contributed by atoms with E-state index in [1.807, 2.05) is 14.0 Å². The van der Waals surface area contributed by atoms with Gasteiger partial charge in [0.15, 0.2) is 5.82 Å². The number of H-pyrrole nitrogens is 1. The summed E-state index contributed by atoms with van der Waals surface area (Å²) in [5, 5.41) is 10.5. The molecule has 1 aliphatic heterocycles. The number of halogens is 1. The summed E-state index contributed by atoms with van der Waals surface area (Å²) in [4.78, 5) is 6.70. The van der Waals surface area contributed by atoms with E-state index in [9.17, 15) is 4.39 Å². The van der Waals surface area contributed by atoms with Crippen LogP contribution in [0.25, 0.3) is 11.4 Å². The highest BCUT2D eigenvalue weighted by Crippen LogP contribution is 2.23. The molecule has 1 aromatic heterocycles. The fourth-order valence-electron chi connectivity index (χ4n) is 2.73. The van der Waals surface area contributed by atoms with E-state index in [2.05, 4.69) is 25.4 Å². The minimum Gasteiger partial charge on any atom is -0.339 e. The summed E-state index contributed by atoms with van der Waals surface area (Å²) in [6.45, 7) is 3.81. The van der Waals surface area contributed by atoms with Gasteiger partial charge in [0.25, 0.3) is 0 Å². The zero-order valence-electron chi connectivity index (χ0n) is 12.4. The number of nitrogens with zero attached hydrogens (tertiary/aromatic N) is 3. The fraction of sp³-hybridized carbons (Fsp3) is 0.467. The van der Waals surface area contributed by atoms with E-state index in [1.165, 1.54) is 12.1 Å². The number of aromatic nitrogens is 3. The summed E-state index contributed by atoms with van der Waals surface area (Å²) in [7, 11) is 2.00. The van der Waals surface area contributed by atoms with Crippen molar-refractivity contribution in [2.75, 3.05) is 25.0 Å². The van der Waals surface area contributed by atoms with E-state index in [0.29, 0.717) is 17.8 Å². The van der Waals surface area contributed by atoms with Gasteiger partial charge in [-0.1, -0.05) is 6.07 Å². The molecule has 5 nitrogen and oxygen atoms in total. The Morgan fingerprint density at radius 2 is 2.10 bits per heavy atom. The number of hydrogen-bond acceptors (Lipinski definition) is 4. The maximum absolute atomic E-state index is 13.4. The molecule has 2 heterocycles. The molecule has 0 aliphatic carbocycles. The maximum atomic E-state index is 13.4. The number of nitrogens with one attached hydrogen (secondary N) is 2. The molecule has 0 unspecified atom stereocenters. The van der Waals surface area contributed by atoms with Crippen molar-refractivity contribution in [3.63, 3.8) is 0 Å². The first kappa shape index (κ1) is 14.0. The second-order valence-corrected chi connectivity index (χ2v) is 5.49. The Labute approximate surface area is 123 Å². The zero-order valence-corrected chi connectivity index (χ0v) is 12.4. The monoisotopic (exact) mass is 289 g/mol. The Hall–Kier alpha value is -1.95. The van der Waals surface area contributed by atoms with Gasteiger partial charge in [-0.05, 0) is 44.5 Å². The summed E-state index contributed by atoms with van der Waals surface area (Å²) >= 11 is 0. The summed E-state index contributed by atoms with van der Waals surface area (Å²) in [5.74, 6) is 1.06. The molecule has 112 valence electrons. The van der Waals surface area contributed by atoms with Gasteiger partial charge < -0.3 is 10.2 Å². The lowest BCUT2D eigenvalue weighted by Crippen LogP contribution is -2.41.